The molecule has 1 atom stereocenters. The maximum Gasteiger partial charge on any atom is 0.280 e. The van der Waals surface area contributed by atoms with Crippen LogP contribution in [0.5, 0.6) is 0 Å². The molecule has 3 rings (SSSR count). The predicted octanol–water partition coefficient (Wildman–Crippen LogP) is 3.97. The van der Waals surface area contributed by atoms with Crippen LogP contribution in [0.3, 0.4) is 0 Å². The number of benzene rings is 2. The highest BCUT2D eigenvalue weighted by molar-refractivity contribution is 6.35. The van der Waals surface area contributed by atoms with Gasteiger partial charge in [0.1, 0.15) is 0 Å². The number of carbonyl (C=O) groups excluding carboxylic acids is 2. The van der Waals surface area contributed by atoms with E-state index in [0.717, 1.165) is 0 Å². The first-order valence-corrected chi connectivity index (χ1v) is 8.26. The van der Waals surface area contributed by atoms with Crippen LogP contribution in [0.2, 0.25) is 10.0 Å². The maximum atomic E-state index is 12.6. The van der Waals surface area contributed by atoms with E-state index in [-0.39, 0.29) is 5.91 Å². The van der Waals surface area contributed by atoms with E-state index in [2.05, 4.69) is 15.3 Å². The summed E-state index contributed by atoms with van der Waals surface area (Å²) in [7, 11) is 0. The van der Waals surface area contributed by atoms with Gasteiger partial charge in [0.2, 0.25) is 5.91 Å². The van der Waals surface area contributed by atoms with E-state index in [4.69, 9.17) is 28.9 Å². The summed E-state index contributed by atoms with van der Waals surface area (Å²) in [4.78, 5) is 23.7. The Balaban J connectivity index is 1.80. The molecule has 7 nitrogen and oxygen atoms in total. The molecular formula is C17H13Cl2N5O2. The molecule has 2 amide bonds. The third-order valence-electron chi connectivity index (χ3n) is 3.63. The van der Waals surface area contributed by atoms with Crippen LogP contribution in [0.25, 0.3) is 0 Å². The number of hydrogen-bond donors (Lipinski definition) is 1. The SMILES string of the molecule is CC1=NN(c2cc(Cl)cc(Cl)c2)C(=O)C1N=Nc1ccc(C(N)=O)cc1. The minimum Gasteiger partial charge on any atom is -0.366 e. The molecular weight excluding hydrogens is 377 g/mol. The van der Waals surface area contributed by atoms with Gasteiger partial charge in [-0.3, -0.25) is 9.59 Å². The summed E-state index contributed by atoms with van der Waals surface area (Å²) < 4.78 is 0. The number of nitrogens with zero attached hydrogens (tertiary/aromatic N) is 4. The minimum atomic E-state index is -0.844. The Hall–Kier alpha value is -2.77. The Bertz CT molecular complexity index is 920. The molecule has 2 aromatic carbocycles. The molecule has 26 heavy (non-hydrogen) atoms. The average molecular weight is 390 g/mol. The van der Waals surface area contributed by atoms with Gasteiger partial charge in [0.05, 0.1) is 17.1 Å². The molecule has 2 N–H and O–H groups in total. The number of halogens is 2. The van der Waals surface area contributed by atoms with Gasteiger partial charge in [0, 0.05) is 15.6 Å². The summed E-state index contributed by atoms with van der Waals surface area (Å²) in [6.45, 7) is 1.68. The van der Waals surface area contributed by atoms with Crippen molar-refractivity contribution < 1.29 is 9.59 Å². The van der Waals surface area contributed by atoms with E-state index in [0.29, 0.717) is 32.7 Å². The van der Waals surface area contributed by atoms with Crippen molar-refractivity contribution in [2.75, 3.05) is 5.01 Å². The minimum absolute atomic E-state index is 0.363. The van der Waals surface area contributed by atoms with Crippen LogP contribution < -0.4 is 10.7 Å². The number of hydrogen-bond acceptors (Lipinski definition) is 5. The second-order valence-electron chi connectivity index (χ2n) is 5.55. The molecule has 1 aliphatic rings. The zero-order valence-electron chi connectivity index (χ0n) is 13.6. The number of rotatable bonds is 4. The summed E-state index contributed by atoms with van der Waals surface area (Å²) in [5.74, 6) is -0.892. The third-order valence-corrected chi connectivity index (χ3v) is 4.06. The molecule has 0 saturated carbocycles. The molecule has 0 spiro atoms. The summed E-state index contributed by atoms with van der Waals surface area (Å²) >= 11 is 12.0. The van der Waals surface area contributed by atoms with Gasteiger partial charge in [-0.25, -0.2) is 0 Å². The number of carbonyl (C=O) groups is 2. The lowest BCUT2D eigenvalue weighted by atomic mass is 10.2. The molecule has 0 saturated heterocycles. The fourth-order valence-electron chi connectivity index (χ4n) is 2.35. The van der Waals surface area contributed by atoms with Gasteiger partial charge in [-0.1, -0.05) is 23.2 Å². The normalized spacial score (nSPS) is 17.0. The molecule has 2 aromatic rings. The van der Waals surface area contributed by atoms with E-state index < -0.39 is 11.9 Å². The average Bonchev–Trinajstić information content (AvgIpc) is 2.87. The molecule has 1 aliphatic heterocycles. The summed E-state index contributed by atoms with van der Waals surface area (Å²) in [6.07, 6.45) is 0. The fraction of sp³-hybridized carbons (Fsp3) is 0.118. The predicted molar refractivity (Wildman–Crippen MR) is 100 cm³/mol. The van der Waals surface area contributed by atoms with Crippen molar-refractivity contribution in [1.82, 2.24) is 0 Å². The quantitative estimate of drug-likeness (QED) is 0.799. The number of hydrazone groups is 1. The number of amides is 2. The van der Waals surface area contributed by atoms with Crippen molar-refractivity contribution in [3.8, 4) is 0 Å². The van der Waals surface area contributed by atoms with E-state index in [1.54, 1.807) is 37.3 Å². The van der Waals surface area contributed by atoms with Gasteiger partial charge >= 0.3 is 0 Å². The number of anilines is 1. The van der Waals surface area contributed by atoms with Crippen LogP contribution in [0, 0.1) is 0 Å². The Morgan fingerprint density at radius 1 is 1.15 bits per heavy atom. The molecule has 0 fully saturated rings. The highest BCUT2D eigenvalue weighted by atomic mass is 35.5. The summed E-state index contributed by atoms with van der Waals surface area (Å²) in [5.41, 5.74) is 6.98. The Morgan fingerprint density at radius 3 is 2.35 bits per heavy atom. The van der Waals surface area contributed by atoms with E-state index >= 15 is 0 Å². The van der Waals surface area contributed by atoms with Gasteiger partial charge < -0.3 is 5.73 Å². The zero-order valence-corrected chi connectivity index (χ0v) is 15.1. The van der Waals surface area contributed by atoms with Crippen molar-refractivity contribution >= 4 is 52.1 Å². The van der Waals surface area contributed by atoms with Crippen LogP contribution in [-0.2, 0) is 4.79 Å². The van der Waals surface area contributed by atoms with Crippen molar-refractivity contribution in [3.05, 3.63) is 58.1 Å². The van der Waals surface area contributed by atoms with Gasteiger partial charge in [0.25, 0.3) is 5.91 Å². The Morgan fingerprint density at radius 2 is 1.77 bits per heavy atom. The molecule has 0 aromatic heterocycles. The number of nitrogens with two attached hydrogens (primary N) is 1. The second kappa shape index (κ2) is 7.23. The highest BCUT2D eigenvalue weighted by Gasteiger charge is 2.35. The third kappa shape index (κ3) is 3.74. The van der Waals surface area contributed by atoms with E-state index in [1.165, 1.54) is 17.1 Å². The van der Waals surface area contributed by atoms with Crippen LogP contribution >= 0.6 is 23.2 Å². The largest absolute Gasteiger partial charge is 0.366 e. The zero-order chi connectivity index (χ0) is 18.8. The first-order chi connectivity index (χ1) is 12.3. The van der Waals surface area contributed by atoms with Crippen LogP contribution in [0.15, 0.2) is 57.8 Å². The first-order valence-electron chi connectivity index (χ1n) is 7.51. The molecule has 9 heteroatoms. The van der Waals surface area contributed by atoms with Crippen LogP contribution in [0.1, 0.15) is 17.3 Å². The molecule has 1 heterocycles. The first kappa shape index (κ1) is 18.0. The monoisotopic (exact) mass is 389 g/mol. The standard InChI is InChI=1S/C17H13Cl2N5O2/c1-9-15(22-21-13-4-2-10(3-5-13)16(20)25)17(26)24(23-9)14-7-11(18)6-12(19)8-14/h2-8,15H,1H3,(H2,20,25). The smallest absolute Gasteiger partial charge is 0.280 e. The topological polar surface area (TPSA) is 100 Å². The van der Waals surface area contributed by atoms with Crippen molar-refractivity contribution in [1.29, 1.82) is 0 Å². The van der Waals surface area contributed by atoms with Crippen LogP contribution in [0.4, 0.5) is 11.4 Å². The Labute approximate surface area is 159 Å². The lowest BCUT2D eigenvalue weighted by Crippen LogP contribution is -2.29. The van der Waals surface area contributed by atoms with Gasteiger partial charge in [-0.15, -0.1) is 0 Å². The van der Waals surface area contributed by atoms with Gasteiger partial charge in [0.15, 0.2) is 6.04 Å². The van der Waals surface area contributed by atoms with Crippen LogP contribution in [-0.4, -0.2) is 23.6 Å². The van der Waals surface area contributed by atoms with Gasteiger partial charge in [-0.05, 0) is 49.4 Å². The molecule has 0 radical (unpaired) electrons. The van der Waals surface area contributed by atoms with E-state index in [1.807, 2.05) is 0 Å². The van der Waals surface area contributed by atoms with Crippen molar-refractivity contribution in [2.24, 2.45) is 21.1 Å². The number of primary amides is 1. The maximum absolute atomic E-state index is 12.6. The number of azo groups is 1. The Kier molecular flexibility index (Phi) is 5.01. The molecule has 132 valence electrons. The fourth-order valence-corrected chi connectivity index (χ4v) is 2.87. The van der Waals surface area contributed by atoms with Gasteiger partial charge in [-0.2, -0.15) is 20.3 Å². The van der Waals surface area contributed by atoms with Crippen molar-refractivity contribution in [3.63, 3.8) is 0 Å². The molecule has 0 bridgehead atoms. The van der Waals surface area contributed by atoms with Crippen molar-refractivity contribution in [2.45, 2.75) is 13.0 Å². The second-order valence-corrected chi connectivity index (χ2v) is 6.42. The lowest BCUT2D eigenvalue weighted by Gasteiger charge is -2.13. The molecule has 0 aliphatic carbocycles. The summed E-state index contributed by atoms with van der Waals surface area (Å²) in [5, 5.41) is 14.3. The lowest BCUT2D eigenvalue weighted by molar-refractivity contribution is -0.117. The molecule has 1 unspecified atom stereocenters. The summed E-state index contributed by atoms with van der Waals surface area (Å²) in [6, 6.07) is 10.1. The van der Waals surface area contributed by atoms with E-state index in [9.17, 15) is 9.59 Å². The highest BCUT2D eigenvalue weighted by Crippen LogP contribution is 2.29.